The average molecular weight is 255 g/mol. The van der Waals surface area contributed by atoms with Gasteiger partial charge in [0.1, 0.15) is 0 Å². The van der Waals surface area contributed by atoms with Crippen molar-refractivity contribution >= 4 is 11.4 Å². The SMILES string of the molecule is Cc1nn(C)c(C)c1CNc1ccc(C#N)cc1N. The molecule has 5 nitrogen and oxygen atoms in total. The lowest BCUT2D eigenvalue weighted by atomic mass is 10.1. The van der Waals surface area contributed by atoms with Gasteiger partial charge in [0.05, 0.1) is 28.7 Å². The lowest BCUT2D eigenvalue weighted by molar-refractivity contribution is 0.730. The van der Waals surface area contributed by atoms with E-state index < -0.39 is 0 Å². The highest BCUT2D eigenvalue weighted by molar-refractivity contribution is 5.68. The van der Waals surface area contributed by atoms with Gasteiger partial charge in [-0.05, 0) is 32.0 Å². The second kappa shape index (κ2) is 5.02. The van der Waals surface area contributed by atoms with E-state index in [2.05, 4.69) is 16.5 Å². The molecule has 0 fully saturated rings. The highest BCUT2D eigenvalue weighted by Crippen LogP contribution is 2.21. The van der Waals surface area contributed by atoms with E-state index in [1.807, 2.05) is 31.6 Å². The van der Waals surface area contributed by atoms with Gasteiger partial charge in [-0.3, -0.25) is 4.68 Å². The van der Waals surface area contributed by atoms with Crippen molar-refractivity contribution < 1.29 is 0 Å². The van der Waals surface area contributed by atoms with Crippen molar-refractivity contribution in [2.75, 3.05) is 11.1 Å². The van der Waals surface area contributed by atoms with Gasteiger partial charge < -0.3 is 11.1 Å². The highest BCUT2D eigenvalue weighted by Gasteiger charge is 2.09. The maximum atomic E-state index is 8.80. The second-order valence-electron chi connectivity index (χ2n) is 4.54. The van der Waals surface area contributed by atoms with Gasteiger partial charge in [-0.15, -0.1) is 0 Å². The van der Waals surface area contributed by atoms with Gasteiger partial charge in [-0.25, -0.2) is 0 Å². The van der Waals surface area contributed by atoms with Crippen LogP contribution in [0, 0.1) is 25.2 Å². The van der Waals surface area contributed by atoms with E-state index in [-0.39, 0.29) is 0 Å². The summed E-state index contributed by atoms with van der Waals surface area (Å²) in [5.41, 5.74) is 11.2. The van der Waals surface area contributed by atoms with Crippen LogP contribution in [0.1, 0.15) is 22.5 Å². The number of aromatic nitrogens is 2. The molecule has 0 bridgehead atoms. The average Bonchev–Trinajstić information content (AvgIpc) is 2.62. The minimum absolute atomic E-state index is 0.566. The zero-order chi connectivity index (χ0) is 14.0. The third-order valence-electron chi connectivity index (χ3n) is 3.30. The molecule has 0 aliphatic rings. The summed E-state index contributed by atoms with van der Waals surface area (Å²) in [5.74, 6) is 0. The highest BCUT2D eigenvalue weighted by atomic mass is 15.3. The normalized spacial score (nSPS) is 10.2. The first-order valence-corrected chi connectivity index (χ1v) is 6.05. The molecule has 19 heavy (non-hydrogen) atoms. The number of anilines is 2. The van der Waals surface area contributed by atoms with Gasteiger partial charge in [0.15, 0.2) is 0 Å². The van der Waals surface area contributed by atoms with Gasteiger partial charge in [0.25, 0.3) is 0 Å². The fourth-order valence-electron chi connectivity index (χ4n) is 2.05. The number of nitrogens with zero attached hydrogens (tertiary/aromatic N) is 3. The summed E-state index contributed by atoms with van der Waals surface area (Å²) in [7, 11) is 1.93. The van der Waals surface area contributed by atoms with E-state index in [9.17, 15) is 0 Å². The predicted molar refractivity (Wildman–Crippen MR) is 75.6 cm³/mol. The van der Waals surface area contributed by atoms with E-state index in [0.29, 0.717) is 17.8 Å². The van der Waals surface area contributed by atoms with Crippen molar-refractivity contribution in [1.82, 2.24) is 9.78 Å². The fraction of sp³-hybridized carbons (Fsp3) is 0.286. The third kappa shape index (κ3) is 2.52. The zero-order valence-electron chi connectivity index (χ0n) is 11.4. The van der Waals surface area contributed by atoms with Crippen LogP contribution in [0.25, 0.3) is 0 Å². The zero-order valence-corrected chi connectivity index (χ0v) is 11.4. The van der Waals surface area contributed by atoms with Crippen molar-refractivity contribution in [2.24, 2.45) is 7.05 Å². The summed E-state index contributed by atoms with van der Waals surface area (Å²) >= 11 is 0. The first kappa shape index (κ1) is 13.0. The van der Waals surface area contributed by atoms with Crippen molar-refractivity contribution in [2.45, 2.75) is 20.4 Å². The maximum Gasteiger partial charge on any atom is 0.0992 e. The molecule has 0 unspecified atom stereocenters. The molecule has 0 aliphatic carbocycles. The Morgan fingerprint density at radius 1 is 1.42 bits per heavy atom. The van der Waals surface area contributed by atoms with Gasteiger partial charge in [0, 0.05) is 24.8 Å². The molecule has 0 radical (unpaired) electrons. The quantitative estimate of drug-likeness (QED) is 0.823. The number of aryl methyl sites for hydroxylation is 2. The summed E-state index contributed by atoms with van der Waals surface area (Å²) in [6, 6.07) is 7.32. The van der Waals surface area contributed by atoms with E-state index in [4.69, 9.17) is 11.0 Å². The Bertz CT molecular complexity index is 649. The van der Waals surface area contributed by atoms with Crippen LogP contribution in [-0.4, -0.2) is 9.78 Å². The van der Waals surface area contributed by atoms with Gasteiger partial charge in [-0.1, -0.05) is 0 Å². The molecular formula is C14H17N5. The van der Waals surface area contributed by atoms with E-state index in [1.165, 1.54) is 5.56 Å². The Balaban J connectivity index is 2.17. The monoisotopic (exact) mass is 255 g/mol. The van der Waals surface area contributed by atoms with Crippen LogP contribution in [-0.2, 0) is 13.6 Å². The summed E-state index contributed by atoms with van der Waals surface area (Å²) in [6.45, 7) is 4.70. The Labute approximate surface area is 112 Å². The minimum Gasteiger partial charge on any atom is -0.397 e. The number of rotatable bonds is 3. The summed E-state index contributed by atoms with van der Waals surface area (Å²) in [4.78, 5) is 0. The summed E-state index contributed by atoms with van der Waals surface area (Å²) in [6.07, 6.45) is 0. The molecule has 1 aromatic carbocycles. The van der Waals surface area contributed by atoms with Crippen molar-refractivity contribution in [1.29, 1.82) is 5.26 Å². The topological polar surface area (TPSA) is 79.7 Å². The first-order chi connectivity index (χ1) is 9.02. The van der Waals surface area contributed by atoms with Crippen LogP contribution >= 0.6 is 0 Å². The van der Waals surface area contributed by atoms with Crippen LogP contribution in [0.5, 0.6) is 0 Å². The molecule has 2 rings (SSSR count). The van der Waals surface area contributed by atoms with E-state index >= 15 is 0 Å². The van der Waals surface area contributed by atoms with Crippen molar-refractivity contribution in [3.05, 3.63) is 40.7 Å². The van der Waals surface area contributed by atoms with Gasteiger partial charge in [0.2, 0.25) is 0 Å². The first-order valence-electron chi connectivity index (χ1n) is 6.05. The van der Waals surface area contributed by atoms with Gasteiger partial charge in [-0.2, -0.15) is 10.4 Å². The Kier molecular flexibility index (Phi) is 3.43. The van der Waals surface area contributed by atoms with E-state index in [1.54, 1.807) is 12.1 Å². The molecule has 98 valence electrons. The maximum absolute atomic E-state index is 8.80. The minimum atomic E-state index is 0.566. The molecule has 2 aromatic rings. The Morgan fingerprint density at radius 2 is 2.16 bits per heavy atom. The third-order valence-corrected chi connectivity index (χ3v) is 3.30. The number of hydrogen-bond acceptors (Lipinski definition) is 4. The number of nitrogens with two attached hydrogens (primary N) is 1. The molecule has 3 N–H and O–H groups in total. The standard InChI is InChI=1S/C14H17N5/c1-9-12(10(2)19(3)18-9)8-17-14-5-4-11(7-15)6-13(14)16/h4-6,17H,8,16H2,1-3H3. The largest absolute Gasteiger partial charge is 0.397 e. The molecule has 0 saturated carbocycles. The van der Waals surface area contributed by atoms with Crippen molar-refractivity contribution in [3.63, 3.8) is 0 Å². The molecule has 0 aliphatic heterocycles. The van der Waals surface area contributed by atoms with Crippen LogP contribution < -0.4 is 11.1 Å². The molecule has 0 spiro atoms. The second-order valence-corrected chi connectivity index (χ2v) is 4.54. The number of hydrogen-bond donors (Lipinski definition) is 2. The number of nitriles is 1. The van der Waals surface area contributed by atoms with E-state index in [0.717, 1.165) is 17.1 Å². The molecule has 1 heterocycles. The fourth-order valence-corrected chi connectivity index (χ4v) is 2.05. The van der Waals surface area contributed by atoms with Crippen LogP contribution in [0.3, 0.4) is 0 Å². The molecule has 0 atom stereocenters. The molecule has 1 aromatic heterocycles. The lowest BCUT2D eigenvalue weighted by Crippen LogP contribution is -2.04. The molecule has 5 heteroatoms. The summed E-state index contributed by atoms with van der Waals surface area (Å²) in [5, 5.41) is 16.5. The van der Waals surface area contributed by atoms with Gasteiger partial charge >= 0.3 is 0 Å². The van der Waals surface area contributed by atoms with Crippen LogP contribution in [0.15, 0.2) is 18.2 Å². The van der Waals surface area contributed by atoms with Crippen LogP contribution in [0.2, 0.25) is 0 Å². The van der Waals surface area contributed by atoms with Crippen LogP contribution in [0.4, 0.5) is 11.4 Å². The molecule has 0 saturated heterocycles. The van der Waals surface area contributed by atoms with Crippen molar-refractivity contribution in [3.8, 4) is 6.07 Å². The Morgan fingerprint density at radius 3 is 2.68 bits per heavy atom. The molecular weight excluding hydrogens is 238 g/mol. The summed E-state index contributed by atoms with van der Waals surface area (Å²) < 4.78 is 1.87. The number of nitrogen functional groups attached to an aromatic ring is 1. The molecule has 0 amide bonds. The number of nitrogens with one attached hydrogen (secondary N) is 1. The number of benzene rings is 1. The Hall–Kier alpha value is -2.48. The lowest BCUT2D eigenvalue weighted by Gasteiger charge is -2.10. The predicted octanol–water partition coefficient (Wildman–Crippen LogP) is 2.10. The smallest absolute Gasteiger partial charge is 0.0992 e.